The van der Waals surface area contributed by atoms with Crippen LogP contribution in [0.4, 0.5) is 5.69 Å². The lowest BCUT2D eigenvalue weighted by Gasteiger charge is -2.19. The predicted octanol–water partition coefficient (Wildman–Crippen LogP) is 4.22. The maximum absolute atomic E-state index is 13.0. The summed E-state index contributed by atoms with van der Waals surface area (Å²) in [5.74, 6) is 1.43. The zero-order valence-electron chi connectivity index (χ0n) is 16.7. The summed E-state index contributed by atoms with van der Waals surface area (Å²) in [6.45, 7) is 0.630. The minimum atomic E-state index is -0.475. The molecule has 0 heterocycles. The lowest BCUT2D eigenvalue weighted by Crippen LogP contribution is -2.34. The van der Waals surface area contributed by atoms with Crippen molar-refractivity contribution in [2.45, 2.75) is 12.5 Å². The number of benzene rings is 3. The summed E-state index contributed by atoms with van der Waals surface area (Å²) in [6, 6.07) is 24.5. The van der Waals surface area contributed by atoms with Crippen LogP contribution in [0.5, 0.6) is 11.5 Å². The molecule has 1 atom stereocenters. The Hall–Kier alpha value is -3.31. The van der Waals surface area contributed by atoms with Gasteiger partial charge in [-0.25, -0.2) is 0 Å². The second-order valence-electron chi connectivity index (χ2n) is 6.58. The van der Waals surface area contributed by atoms with Crippen molar-refractivity contribution in [3.05, 3.63) is 90.0 Å². The van der Waals surface area contributed by atoms with Crippen molar-refractivity contribution in [1.29, 1.82) is 0 Å². The van der Waals surface area contributed by atoms with Crippen LogP contribution in [0, 0.1) is 0 Å². The van der Waals surface area contributed by atoms with Gasteiger partial charge in [-0.3, -0.25) is 4.79 Å². The van der Waals surface area contributed by atoms with Gasteiger partial charge in [-0.2, -0.15) is 0 Å². The highest BCUT2D eigenvalue weighted by Crippen LogP contribution is 2.21. The Morgan fingerprint density at radius 3 is 2.41 bits per heavy atom. The van der Waals surface area contributed by atoms with Gasteiger partial charge in [-0.1, -0.05) is 54.6 Å². The second kappa shape index (κ2) is 10.3. The molecule has 1 amide bonds. The molecule has 0 aliphatic rings. The predicted molar refractivity (Wildman–Crippen MR) is 116 cm³/mol. The van der Waals surface area contributed by atoms with E-state index >= 15 is 0 Å². The highest BCUT2D eigenvalue weighted by Gasteiger charge is 2.20. The average Bonchev–Trinajstić information content (AvgIpc) is 2.77. The van der Waals surface area contributed by atoms with Gasteiger partial charge >= 0.3 is 0 Å². The first kappa shape index (κ1) is 20.4. The van der Waals surface area contributed by atoms with Crippen molar-refractivity contribution >= 4 is 11.6 Å². The van der Waals surface area contributed by atoms with E-state index in [0.717, 1.165) is 23.3 Å². The Labute approximate surface area is 171 Å². The van der Waals surface area contributed by atoms with E-state index in [1.165, 1.54) is 0 Å². The summed E-state index contributed by atoms with van der Waals surface area (Å²) in [4.78, 5) is 13.0. The first-order valence-corrected chi connectivity index (χ1v) is 9.56. The van der Waals surface area contributed by atoms with E-state index in [0.29, 0.717) is 18.0 Å². The lowest BCUT2D eigenvalue weighted by atomic mass is 10.0. The summed E-state index contributed by atoms with van der Waals surface area (Å²) in [7, 11) is 3.27. The maximum Gasteiger partial charge on any atom is 0.246 e. The van der Waals surface area contributed by atoms with Crippen molar-refractivity contribution < 1.29 is 14.3 Å². The van der Waals surface area contributed by atoms with Gasteiger partial charge in [0.15, 0.2) is 0 Å². The number of carbonyl (C=O) groups is 1. The van der Waals surface area contributed by atoms with Gasteiger partial charge in [-0.05, 0) is 35.7 Å². The highest BCUT2D eigenvalue weighted by molar-refractivity contribution is 5.95. The molecular formula is C24H26N2O3. The molecule has 150 valence electrons. The minimum Gasteiger partial charge on any atom is -0.497 e. The first-order chi connectivity index (χ1) is 14.2. The van der Waals surface area contributed by atoms with Crippen LogP contribution in [0.25, 0.3) is 0 Å². The van der Waals surface area contributed by atoms with Gasteiger partial charge in [0, 0.05) is 18.3 Å². The van der Waals surface area contributed by atoms with Crippen molar-refractivity contribution in [3.63, 3.8) is 0 Å². The maximum atomic E-state index is 13.0. The number of nitrogens with one attached hydrogen (secondary N) is 2. The van der Waals surface area contributed by atoms with Crippen LogP contribution < -0.4 is 20.1 Å². The molecule has 5 nitrogen and oxygen atoms in total. The average molecular weight is 390 g/mol. The third kappa shape index (κ3) is 5.59. The Morgan fingerprint density at radius 2 is 1.66 bits per heavy atom. The first-order valence-electron chi connectivity index (χ1n) is 9.56. The molecular weight excluding hydrogens is 364 g/mol. The molecule has 5 heteroatoms. The van der Waals surface area contributed by atoms with E-state index in [-0.39, 0.29) is 5.91 Å². The third-order valence-electron chi connectivity index (χ3n) is 4.67. The molecule has 0 aliphatic heterocycles. The molecule has 0 aliphatic carbocycles. The number of methoxy groups -OCH3 is 2. The number of amides is 1. The summed E-state index contributed by atoms with van der Waals surface area (Å²) in [5.41, 5.74) is 2.71. The molecule has 3 aromatic rings. The van der Waals surface area contributed by atoms with E-state index in [1.54, 1.807) is 20.3 Å². The van der Waals surface area contributed by atoms with Crippen molar-refractivity contribution in [3.8, 4) is 11.5 Å². The molecule has 0 bridgehead atoms. The number of para-hydroxylation sites is 1. The normalized spacial score (nSPS) is 11.5. The number of ether oxygens (including phenoxy) is 2. The number of hydrogen-bond donors (Lipinski definition) is 2. The van der Waals surface area contributed by atoms with E-state index < -0.39 is 6.04 Å². The summed E-state index contributed by atoms with van der Waals surface area (Å²) >= 11 is 0. The summed E-state index contributed by atoms with van der Waals surface area (Å²) < 4.78 is 10.7. The Morgan fingerprint density at radius 1 is 0.897 bits per heavy atom. The van der Waals surface area contributed by atoms with Crippen LogP contribution in [0.1, 0.15) is 17.2 Å². The van der Waals surface area contributed by atoms with Crippen molar-refractivity contribution in [2.75, 3.05) is 26.1 Å². The quantitative estimate of drug-likeness (QED) is 0.574. The zero-order valence-corrected chi connectivity index (χ0v) is 16.7. The monoisotopic (exact) mass is 390 g/mol. The van der Waals surface area contributed by atoms with E-state index in [1.807, 2.05) is 72.8 Å². The molecule has 29 heavy (non-hydrogen) atoms. The number of carbonyl (C=O) groups excluding carboxylic acids is 1. The fourth-order valence-corrected chi connectivity index (χ4v) is 3.18. The van der Waals surface area contributed by atoms with Crippen LogP contribution in [0.3, 0.4) is 0 Å². The molecule has 0 fully saturated rings. The highest BCUT2D eigenvalue weighted by atomic mass is 16.5. The molecule has 3 aromatic carbocycles. The largest absolute Gasteiger partial charge is 0.497 e. The molecule has 0 saturated heterocycles. The van der Waals surface area contributed by atoms with E-state index in [2.05, 4.69) is 10.6 Å². The standard InChI is InChI=1S/C24H26N2O3/c1-28-21-13-8-12-20(17-21)26-24(27)23(19-10-4-3-5-11-19)25-16-15-18-9-6-7-14-22(18)29-2/h3-14,17,23,25H,15-16H2,1-2H3,(H,26,27)/t23-/m0/s1. The topological polar surface area (TPSA) is 59.6 Å². The minimum absolute atomic E-state index is 0.121. The molecule has 0 unspecified atom stereocenters. The summed E-state index contributed by atoms with van der Waals surface area (Å²) in [5, 5.41) is 6.37. The van der Waals surface area contributed by atoms with Crippen LogP contribution in [0.2, 0.25) is 0 Å². The van der Waals surface area contributed by atoms with Crippen LogP contribution in [-0.2, 0) is 11.2 Å². The molecule has 0 aromatic heterocycles. The number of anilines is 1. The zero-order chi connectivity index (χ0) is 20.5. The second-order valence-corrected chi connectivity index (χ2v) is 6.58. The summed E-state index contributed by atoms with van der Waals surface area (Å²) in [6.07, 6.45) is 0.750. The molecule has 2 N–H and O–H groups in total. The lowest BCUT2D eigenvalue weighted by molar-refractivity contribution is -0.118. The Balaban J connectivity index is 1.71. The van der Waals surface area contributed by atoms with Crippen molar-refractivity contribution in [1.82, 2.24) is 5.32 Å². The third-order valence-corrected chi connectivity index (χ3v) is 4.67. The SMILES string of the molecule is COc1cccc(NC(=O)[C@@H](NCCc2ccccc2OC)c2ccccc2)c1. The molecule has 0 spiro atoms. The molecule has 3 rings (SSSR count). The van der Waals surface area contributed by atoms with Crippen LogP contribution >= 0.6 is 0 Å². The van der Waals surface area contributed by atoms with E-state index in [4.69, 9.17) is 9.47 Å². The Kier molecular flexibility index (Phi) is 7.25. The van der Waals surface area contributed by atoms with Gasteiger partial charge in [0.25, 0.3) is 0 Å². The van der Waals surface area contributed by atoms with Gasteiger partial charge in [0.05, 0.1) is 14.2 Å². The fraction of sp³-hybridized carbons (Fsp3) is 0.208. The number of rotatable bonds is 9. The smallest absolute Gasteiger partial charge is 0.246 e. The number of hydrogen-bond acceptors (Lipinski definition) is 4. The fourth-order valence-electron chi connectivity index (χ4n) is 3.18. The van der Waals surface area contributed by atoms with Gasteiger partial charge in [0.1, 0.15) is 17.5 Å². The van der Waals surface area contributed by atoms with Gasteiger partial charge in [0.2, 0.25) is 5.91 Å². The molecule has 0 radical (unpaired) electrons. The van der Waals surface area contributed by atoms with E-state index in [9.17, 15) is 4.79 Å². The Bertz CT molecular complexity index is 928. The van der Waals surface area contributed by atoms with Crippen LogP contribution in [0.15, 0.2) is 78.9 Å². The molecule has 0 saturated carbocycles. The van der Waals surface area contributed by atoms with Gasteiger partial charge < -0.3 is 20.1 Å². The van der Waals surface area contributed by atoms with Crippen molar-refractivity contribution in [2.24, 2.45) is 0 Å². The van der Waals surface area contributed by atoms with Crippen LogP contribution in [-0.4, -0.2) is 26.7 Å². The van der Waals surface area contributed by atoms with Gasteiger partial charge in [-0.15, -0.1) is 0 Å².